The summed E-state index contributed by atoms with van der Waals surface area (Å²) in [5.74, 6) is 1.48. The first-order valence-corrected chi connectivity index (χ1v) is 10.2. The summed E-state index contributed by atoms with van der Waals surface area (Å²) in [6.07, 6.45) is 0.175. The number of amides is 1. The lowest BCUT2D eigenvalue weighted by atomic mass is 10.1. The molecule has 1 unspecified atom stereocenters. The maximum Gasteiger partial charge on any atom is 0.235 e. The molecule has 1 saturated heterocycles. The molecule has 6 nitrogen and oxygen atoms in total. The van der Waals surface area contributed by atoms with Gasteiger partial charge in [-0.2, -0.15) is 0 Å². The lowest BCUT2D eigenvalue weighted by molar-refractivity contribution is -0.127. The predicted octanol–water partition coefficient (Wildman–Crippen LogP) is 4.42. The molecule has 1 aliphatic heterocycles. The van der Waals surface area contributed by atoms with Gasteiger partial charge in [-0.05, 0) is 38.1 Å². The van der Waals surface area contributed by atoms with Crippen LogP contribution in [0.5, 0.6) is 5.75 Å². The SMILES string of the molecule is CCOc1ccccc1N=C1SCC(C)N1C(=O)Cc1noc2ccccc12. The van der Waals surface area contributed by atoms with E-state index < -0.39 is 0 Å². The van der Waals surface area contributed by atoms with Crippen LogP contribution in [-0.4, -0.2) is 39.5 Å². The summed E-state index contributed by atoms with van der Waals surface area (Å²) in [5.41, 5.74) is 2.07. The number of carbonyl (C=O) groups excluding carboxylic acids is 1. The van der Waals surface area contributed by atoms with Crippen molar-refractivity contribution in [2.24, 2.45) is 4.99 Å². The van der Waals surface area contributed by atoms with E-state index in [0.29, 0.717) is 28.8 Å². The molecule has 1 aliphatic rings. The molecule has 7 heteroatoms. The van der Waals surface area contributed by atoms with Crippen molar-refractivity contribution in [3.8, 4) is 5.75 Å². The normalized spacial score (nSPS) is 18.1. The van der Waals surface area contributed by atoms with E-state index in [0.717, 1.165) is 16.8 Å². The molecule has 0 saturated carbocycles. The van der Waals surface area contributed by atoms with Crippen LogP contribution in [0, 0.1) is 0 Å². The fraction of sp³-hybridized carbons (Fsp3) is 0.286. The van der Waals surface area contributed by atoms with E-state index in [1.165, 1.54) is 0 Å². The molecule has 0 bridgehead atoms. The van der Waals surface area contributed by atoms with Gasteiger partial charge in [-0.25, -0.2) is 4.99 Å². The zero-order valence-corrected chi connectivity index (χ0v) is 16.6. The van der Waals surface area contributed by atoms with Gasteiger partial charge >= 0.3 is 0 Å². The lowest BCUT2D eigenvalue weighted by Gasteiger charge is -2.21. The van der Waals surface area contributed by atoms with Crippen LogP contribution in [0.4, 0.5) is 5.69 Å². The van der Waals surface area contributed by atoms with Crippen LogP contribution in [0.25, 0.3) is 11.0 Å². The van der Waals surface area contributed by atoms with Crippen molar-refractivity contribution < 1.29 is 14.1 Å². The van der Waals surface area contributed by atoms with Gasteiger partial charge in [0.2, 0.25) is 5.91 Å². The Hall–Kier alpha value is -2.80. The molecule has 0 spiro atoms. The van der Waals surface area contributed by atoms with Gasteiger partial charge in [0, 0.05) is 17.2 Å². The van der Waals surface area contributed by atoms with Crippen molar-refractivity contribution in [1.82, 2.24) is 10.1 Å². The molecule has 144 valence electrons. The molecule has 28 heavy (non-hydrogen) atoms. The maximum atomic E-state index is 13.1. The number of hydrogen-bond acceptors (Lipinski definition) is 6. The zero-order chi connectivity index (χ0) is 19.5. The molecule has 4 rings (SSSR count). The van der Waals surface area contributed by atoms with Crippen molar-refractivity contribution in [1.29, 1.82) is 0 Å². The number of fused-ring (bicyclic) bond motifs is 1. The van der Waals surface area contributed by atoms with E-state index in [1.807, 2.05) is 62.4 Å². The van der Waals surface area contributed by atoms with Crippen LogP contribution < -0.4 is 4.74 Å². The molecule has 2 aromatic carbocycles. The van der Waals surface area contributed by atoms with Gasteiger partial charge in [0.1, 0.15) is 17.1 Å². The largest absolute Gasteiger partial charge is 0.492 e. The van der Waals surface area contributed by atoms with Crippen molar-refractivity contribution >= 4 is 39.5 Å². The van der Waals surface area contributed by atoms with E-state index in [4.69, 9.17) is 14.3 Å². The Kier molecular flexibility index (Phi) is 5.34. The average Bonchev–Trinajstić information content (AvgIpc) is 3.27. The Morgan fingerprint density at radius 3 is 2.93 bits per heavy atom. The monoisotopic (exact) mass is 395 g/mol. The smallest absolute Gasteiger partial charge is 0.235 e. The number of amidine groups is 1. The summed E-state index contributed by atoms with van der Waals surface area (Å²) in [7, 11) is 0. The number of rotatable bonds is 5. The van der Waals surface area contributed by atoms with Gasteiger partial charge in [0.15, 0.2) is 10.8 Å². The van der Waals surface area contributed by atoms with E-state index in [-0.39, 0.29) is 18.4 Å². The summed E-state index contributed by atoms with van der Waals surface area (Å²) >= 11 is 1.58. The molecule has 2 heterocycles. The number of ether oxygens (including phenoxy) is 1. The second kappa shape index (κ2) is 8.06. The molecular weight excluding hydrogens is 374 g/mol. The van der Waals surface area contributed by atoms with Gasteiger partial charge in [0.05, 0.1) is 13.0 Å². The Balaban J connectivity index is 1.61. The highest BCUT2D eigenvalue weighted by Gasteiger charge is 2.33. The van der Waals surface area contributed by atoms with Crippen LogP contribution in [0.15, 0.2) is 58.0 Å². The first-order chi connectivity index (χ1) is 13.7. The van der Waals surface area contributed by atoms with Crippen LogP contribution in [-0.2, 0) is 11.2 Å². The first-order valence-electron chi connectivity index (χ1n) is 9.26. The number of benzene rings is 2. The molecule has 0 radical (unpaired) electrons. The third-order valence-electron chi connectivity index (χ3n) is 4.52. The Morgan fingerprint density at radius 2 is 2.07 bits per heavy atom. The van der Waals surface area contributed by atoms with Crippen molar-refractivity contribution in [3.05, 3.63) is 54.2 Å². The standard InChI is InChI=1S/C21H21N3O3S/c1-3-26-19-11-7-5-9-16(19)22-21-24(14(2)13-28-21)20(25)12-17-15-8-4-6-10-18(15)27-23-17/h4-11,14H,3,12-13H2,1-2H3. The minimum Gasteiger partial charge on any atom is -0.492 e. The number of aliphatic imine (C=N–C) groups is 1. The molecule has 1 fully saturated rings. The summed E-state index contributed by atoms with van der Waals surface area (Å²) in [4.78, 5) is 19.6. The number of aromatic nitrogens is 1. The second-order valence-corrected chi connectivity index (χ2v) is 7.51. The van der Waals surface area contributed by atoms with Gasteiger partial charge < -0.3 is 9.26 Å². The minimum absolute atomic E-state index is 0.0378. The summed E-state index contributed by atoms with van der Waals surface area (Å²) in [6.45, 7) is 4.53. The fourth-order valence-electron chi connectivity index (χ4n) is 3.19. The third kappa shape index (κ3) is 3.62. The van der Waals surface area contributed by atoms with Gasteiger partial charge in [-0.1, -0.05) is 41.2 Å². The van der Waals surface area contributed by atoms with Crippen LogP contribution in [0.1, 0.15) is 19.5 Å². The van der Waals surface area contributed by atoms with E-state index in [9.17, 15) is 4.79 Å². The molecule has 1 aromatic heterocycles. The lowest BCUT2D eigenvalue weighted by Crippen LogP contribution is -2.38. The van der Waals surface area contributed by atoms with Gasteiger partial charge in [-0.15, -0.1) is 0 Å². The first kappa shape index (κ1) is 18.6. The van der Waals surface area contributed by atoms with E-state index in [1.54, 1.807) is 16.7 Å². The van der Waals surface area contributed by atoms with E-state index in [2.05, 4.69) is 5.16 Å². The number of nitrogens with zero attached hydrogens (tertiary/aromatic N) is 3. The Labute approximate surface area is 167 Å². The van der Waals surface area contributed by atoms with Crippen molar-refractivity contribution in [2.75, 3.05) is 12.4 Å². The number of carbonyl (C=O) groups is 1. The van der Waals surface area contributed by atoms with Crippen molar-refractivity contribution in [3.63, 3.8) is 0 Å². The highest BCUT2D eigenvalue weighted by molar-refractivity contribution is 8.14. The Bertz CT molecular complexity index is 1030. The van der Waals surface area contributed by atoms with E-state index >= 15 is 0 Å². The molecule has 0 aliphatic carbocycles. The molecule has 3 aromatic rings. The van der Waals surface area contributed by atoms with Crippen molar-refractivity contribution in [2.45, 2.75) is 26.3 Å². The number of hydrogen-bond donors (Lipinski definition) is 0. The van der Waals surface area contributed by atoms with Crippen LogP contribution in [0.2, 0.25) is 0 Å². The topological polar surface area (TPSA) is 67.9 Å². The number of para-hydroxylation sites is 3. The highest BCUT2D eigenvalue weighted by atomic mass is 32.2. The summed E-state index contributed by atoms with van der Waals surface area (Å²) in [6, 6.07) is 15.3. The van der Waals surface area contributed by atoms with Gasteiger partial charge in [0.25, 0.3) is 0 Å². The molecule has 1 amide bonds. The fourth-order valence-corrected chi connectivity index (χ4v) is 4.31. The maximum absolute atomic E-state index is 13.1. The number of thioether (sulfide) groups is 1. The van der Waals surface area contributed by atoms with Gasteiger partial charge in [-0.3, -0.25) is 9.69 Å². The molecule has 0 N–H and O–H groups in total. The summed E-state index contributed by atoms with van der Waals surface area (Å²) in [5, 5.41) is 5.65. The zero-order valence-electron chi connectivity index (χ0n) is 15.8. The Morgan fingerprint density at radius 1 is 1.29 bits per heavy atom. The summed E-state index contributed by atoms with van der Waals surface area (Å²) < 4.78 is 11.0. The van der Waals surface area contributed by atoms with Crippen LogP contribution >= 0.6 is 11.8 Å². The highest BCUT2D eigenvalue weighted by Crippen LogP contribution is 2.32. The quantitative estimate of drug-likeness (QED) is 0.640. The third-order valence-corrected chi connectivity index (χ3v) is 5.72. The minimum atomic E-state index is -0.0378. The predicted molar refractivity (Wildman–Crippen MR) is 111 cm³/mol. The second-order valence-electron chi connectivity index (χ2n) is 6.52. The van der Waals surface area contributed by atoms with Crippen LogP contribution in [0.3, 0.4) is 0 Å². The molecular formula is C21H21N3O3S. The molecule has 1 atom stereocenters. The average molecular weight is 395 g/mol.